The van der Waals surface area contributed by atoms with Crippen LogP contribution in [0, 0.1) is 25.7 Å². The van der Waals surface area contributed by atoms with Gasteiger partial charge in [-0.15, -0.1) is 0 Å². The van der Waals surface area contributed by atoms with Gasteiger partial charge in [-0.25, -0.2) is 14.2 Å². The summed E-state index contributed by atoms with van der Waals surface area (Å²) in [6.45, 7) is 11.4. The highest BCUT2D eigenvalue weighted by molar-refractivity contribution is 5.79. The summed E-state index contributed by atoms with van der Waals surface area (Å²) < 4.78 is 22.0. The zero-order valence-corrected chi connectivity index (χ0v) is 29.8. The van der Waals surface area contributed by atoms with Crippen molar-refractivity contribution in [2.24, 2.45) is 11.8 Å². The van der Waals surface area contributed by atoms with E-state index in [4.69, 9.17) is 14.2 Å². The average molecular weight is 707 g/mol. The first-order valence-electron chi connectivity index (χ1n) is 17.4. The fraction of sp³-hybridized carbons (Fsp3) is 0.556. The molecule has 0 spiro atoms. The van der Waals surface area contributed by atoms with E-state index >= 15 is 0 Å². The topological polar surface area (TPSA) is 185 Å². The molecular formula is C36H46N6O9. The summed E-state index contributed by atoms with van der Waals surface area (Å²) in [5.74, 6) is 0.0137. The number of piperidine rings is 2. The van der Waals surface area contributed by atoms with Crippen LogP contribution in [0.1, 0.15) is 82.5 Å². The minimum absolute atomic E-state index is 0.0483. The molecular weight excluding hydrogens is 660 g/mol. The van der Waals surface area contributed by atoms with Crippen molar-refractivity contribution >= 4 is 11.8 Å². The first-order chi connectivity index (χ1) is 24.2. The summed E-state index contributed by atoms with van der Waals surface area (Å²) in [5, 5.41) is 5.88. The normalized spacial score (nSPS) is 30.7. The van der Waals surface area contributed by atoms with Crippen molar-refractivity contribution in [3.8, 4) is 0 Å². The summed E-state index contributed by atoms with van der Waals surface area (Å²) in [5.41, 5.74) is -1.17. The smallest absolute Gasteiger partial charge is 0.335 e. The molecule has 0 saturated carbocycles. The zero-order valence-electron chi connectivity index (χ0n) is 29.8. The van der Waals surface area contributed by atoms with Gasteiger partial charge in [0.25, 0.3) is 11.1 Å². The number of hydrogen-bond acceptors (Lipinski definition) is 9. The van der Waals surface area contributed by atoms with Crippen LogP contribution in [0.4, 0.5) is 0 Å². The van der Waals surface area contributed by atoms with Crippen LogP contribution in [0.2, 0.25) is 0 Å². The fourth-order valence-corrected chi connectivity index (χ4v) is 7.98. The van der Waals surface area contributed by atoms with Gasteiger partial charge in [0.2, 0.25) is 11.8 Å². The van der Waals surface area contributed by atoms with Crippen LogP contribution in [0.3, 0.4) is 0 Å². The molecule has 4 aliphatic heterocycles. The number of carbonyl (C=O) groups is 2. The first kappa shape index (κ1) is 36.2. The van der Waals surface area contributed by atoms with E-state index in [1.165, 1.54) is 21.5 Å². The Kier molecular flexibility index (Phi) is 9.83. The van der Waals surface area contributed by atoms with Crippen LogP contribution in [0.15, 0.2) is 61.9 Å². The molecule has 1 aromatic carbocycles. The molecule has 4 bridgehead atoms. The number of nitrogens with zero attached hydrogens (tertiary/aromatic N) is 3. The number of fused-ring (bicyclic) bond motifs is 4. The summed E-state index contributed by atoms with van der Waals surface area (Å²) in [4.78, 5) is 75.7. The molecule has 3 aromatic rings. The monoisotopic (exact) mass is 706 g/mol. The number of aromatic nitrogens is 4. The maximum absolute atomic E-state index is 13.2. The standard InChI is InChI=1S/C22H27N3O5.C14H19N3O4/c1-4-22-10-17(26)23-18(15(22)3)20(30-22)24-11-14(2)19(27)25(21(24)28)13-29-12-16-8-6-5-7-9-16;1-4-14-5-9(18)15-10(8(14)3)12(21-14)17-6-7(2)11(19)16-13(17)20/h5-9,11,15,18,20H,4,10,12-13H2,1-3H3,(H,23,26);6,8,10,12H,4-5H2,1-3H3,(H,15,18)(H,16,19,20)/t15?,18-,20+,22-;8?,10-,12+,14-/m00/s1. The van der Waals surface area contributed by atoms with E-state index in [0.717, 1.165) is 10.1 Å². The largest absolute Gasteiger partial charge is 0.356 e. The highest BCUT2D eigenvalue weighted by atomic mass is 16.5. The predicted octanol–water partition coefficient (Wildman–Crippen LogP) is 1.74. The van der Waals surface area contributed by atoms with Crippen LogP contribution in [0.5, 0.6) is 0 Å². The number of amides is 2. The zero-order chi connectivity index (χ0) is 36.8. The third-order valence-electron chi connectivity index (χ3n) is 11.2. The molecule has 3 N–H and O–H groups in total. The molecule has 4 fully saturated rings. The van der Waals surface area contributed by atoms with E-state index in [0.29, 0.717) is 30.4 Å². The van der Waals surface area contributed by atoms with Crippen molar-refractivity contribution in [1.29, 1.82) is 0 Å². The molecule has 8 atom stereocenters. The Balaban J connectivity index is 0.000000187. The Morgan fingerprint density at radius 3 is 1.86 bits per heavy atom. The van der Waals surface area contributed by atoms with Gasteiger partial charge in [0, 0.05) is 35.4 Å². The molecule has 51 heavy (non-hydrogen) atoms. The number of ether oxygens (including phenoxy) is 3. The lowest BCUT2D eigenvalue weighted by Crippen LogP contribution is -2.53. The molecule has 0 radical (unpaired) electrons. The van der Waals surface area contributed by atoms with E-state index in [1.54, 1.807) is 13.8 Å². The third-order valence-corrected chi connectivity index (χ3v) is 11.2. The average Bonchev–Trinajstić information content (AvgIpc) is 3.36. The molecule has 7 rings (SSSR count). The van der Waals surface area contributed by atoms with Gasteiger partial charge in [-0.2, -0.15) is 0 Å². The van der Waals surface area contributed by atoms with E-state index in [1.807, 2.05) is 58.0 Å². The molecule has 6 heterocycles. The lowest BCUT2D eigenvalue weighted by atomic mass is 9.78. The fourth-order valence-electron chi connectivity index (χ4n) is 7.98. The lowest BCUT2D eigenvalue weighted by Gasteiger charge is -2.35. The highest BCUT2D eigenvalue weighted by Gasteiger charge is 2.58. The SMILES string of the molecule is CC[C@]12CC(=O)N[C@@H](C1C)[C@H](n1cc(C)c(=O)[nH]c1=O)O2.CC[C@]12CC(=O)N[C@@H](C1C)[C@H](n1cc(C)c(=O)n(COCc3ccccc3)c1=O)O2. The summed E-state index contributed by atoms with van der Waals surface area (Å²) in [7, 11) is 0. The molecule has 4 saturated heterocycles. The van der Waals surface area contributed by atoms with E-state index in [9.17, 15) is 28.8 Å². The summed E-state index contributed by atoms with van der Waals surface area (Å²) in [6, 6.07) is 8.94. The van der Waals surface area contributed by atoms with Crippen LogP contribution in [-0.2, 0) is 37.1 Å². The number of aryl methyl sites for hydroxylation is 2. The van der Waals surface area contributed by atoms with Gasteiger partial charge < -0.3 is 24.8 Å². The van der Waals surface area contributed by atoms with Gasteiger partial charge in [-0.1, -0.05) is 58.0 Å². The minimum Gasteiger partial charge on any atom is -0.356 e. The Labute approximate surface area is 293 Å². The number of rotatable bonds is 8. The molecule has 2 aromatic heterocycles. The van der Waals surface area contributed by atoms with E-state index < -0.39 is 46.2 Å². The predicted molar refractivity (Wildman–Crippen MR) is 185 cm³/mol. The number of nitrogens with one attached hydrogen (secondary N) is 3. The van der Waals surface area contributed by atoms with Crippen molar-refractivity contribution < 1.29 is 23.8 Å². The molecule has 274 valence electrons. The van der Waals surface area contributed by atoms with Gasteiger partial charge in [0.1, 0.15) is 6.73 Å². The highest BCUT2D eigenvalue weighted by Crippen LogP contribution is 2.48. The Morgan fingerprint density at radius 2 is 1.31 bits per heavy atom. The van der Waals surface area contributed by atoms with Gasteiger partial charge >= 0.3 is 11.4 Å². The number of carbonyl (C=O) groups excluding carboxylic acids is 2. The van der Waals surface area contributed by atoms with Crippen molar-refractivity contribution in [2.45, 2.75) is 116 Å². The second-order valence-electron chi connectivity index (χ2n) is 14.1. The first-order valence-corrected chi connectivity index (χ1v) is 17.4. The summed E-state index contributed by atoms with van der Waals surface area (Å²) >= 11 is 0. The van der Waals surface area contributed by atoms with Gasteiger partial charge in [0.15, 0.2) is 12.5 Å². The van der Waals surface area contributed by atoms with Crippen molar-refractivity contribution in [1.82, 2.24) is 29.3 Å². The van der Waals surface area contributed by atoms with Crippen LogP contribution >= 0.6 is 0 Å². The van der Waals surface area contributed by atoms with E-state index in [2.05, 4.69) is 15.6 Å². The molecule has 15 nitrogen and oxygen atoms in total. The van der Waals surface area contributed by atoms with Gasteiger partial charge in [0.05, 0.1) is 42.7 Å². The lowest BCUT2D eigenvalue weighted by molar-refractivity contribution is -0.134. The molecule has 2 unspecified atom stereocenters. The second-order valence-corrected chi connectivity index (χ2v) is 14.1. The minimum atomic E-state index is -0.668. The number of benzene rings is 1. The number of hydrogen-bond donors (Lipinski definition) is 3. The van der Waals surface area contributed by atoms with Crippen LogP contribution in [-0.4, -0.2) is 53.8 Å². The van der Waals surface area contributed by atoms with Crippen LogP contribution in [0.25, 0.3) is 0 Å². The molecule has 2 amide bonds. The molecule has 0 aliphatic carbocycles. The Bertz CT molecular complexity index is 2050. The van der Waals surface area contributed by atoms with Crippen LogP contribution < -0.4 is 33.1 Å². The maximum Gasteiger partial charge on any atom is 0.335 e. The Morgan fingerprint density at radius 1 is 0.784 bits per heavy atom. The summed E-state index contributed by atoms with van der Waals surface area (Å²) in [6.07, 6.45) is 3.70. The van der Waals surface area contributed by atoms with Crippen molar-refractivity contribution in [3.63, 3.8) is 0 Å². The van der Waals surface area contributed by atoms with Gasteiger partial charge in [-0.05, 0) is 32.3 Å². The molecule has 15 heteroatoms. The second kappa shape index (κ2) is 13.8. The molecule has 4 aliphatic rings. The van der Waals surface area contributed by atoms with Crippen molar-refractivity contribution in [2.75, 3.05) is 0 Å². The maximum atomic E-state index is 13.2. The number of H-pyrrole nitrogens is 1. The quantitative estimate of drug-likeness (QED) is 0.314. The Hall–Kier alpha value is -4.60. The van der Waals surface area contributed by atoms with Crippen molar-refractivity contribution in [3.05, 3.63) is 101 Å². The van der Waals surface area contributed by atoms with Gasteiger partial charge in [-0.3, -0.25) is 33.3 Å². The number of aromatic amines is 1. The third kappa shape index (κ3) is 6.42. The van der Waals surface area contributed by atoms with E-state index in [-0.39, 0.29) is 55.5 Å².